The molecule has 6 rings (SSSR count). The van der Waals surface area contributed by atoms with Crippen LogP contribution in [0.25, 0.3) is 11.1 Å². The Kier molecular flexibility index (Phi) is 10.2. The summed E-state index contributed by atoms with van der Waals surface area (Å²) < 4.78 is 1.91. The van der Waals surface area contributed by atoms with Gasteiger partial charge >= 0.3 is 252 Å². The van der Waals surface area contributed by atoms with Crippen LogP contribution in [0.2, 0.25) is 3.67 Å². The molecule has 5 heteroatoms. The number of ketones is 2. The summed E-state index contributed by atoms with van der Waals surface area (Å²) in [5, 5.41) is 0. The minimum atomic E-state index is -3.58. The summed E-state index contributed by atoms with van der Waals surface area (Å²) >= 11 is -3.58. The van der Waals surface area contributed by atoms with Gasteiger partial charge in [-0.05, 0) is 0 Å². The van der Waals surface area contributed by atoms with E-state index in [1.54, 1.807) is 0 Å². The van der Waals surface area contributed by atoms with Crippen LogP contribution < -0.4 is 28.1 Å². The molecule has 0 saturated carbocycles. The van der Waals surface area contributed by atoms with Crippen LogP contribution in [-0.2, 0) is 27.4 Å². The summed E-state index contributed by atoms with van der Waals surface area (Å²) in [6.45, 7) is 8.91. The van der Waals surface area contributed by atoms with E-state index in [-0.39, 0.29) is 45.5 Å². The summed E-state index contributed by atoms with van der Waals surface area (Å²) in [6, 6.07) is 34.0. The van der Waals surface area contributed by atoms with Crippen LogP contribution in [-0.4, -0.2) is 14.8 Å². The smallest absolute Gasteiger partial charge is 1.00 e. The van der Waals surface area contributed by atoms with E-state index in [1.165, 1.54) is 36.7 Å². The Morgan fingerprint density at radius 2 is 1.23 bits per heavy atom. The zero-order valence-corrected chi connectivity index (χ0v) is 29.9. The number of benzene rings is 4. The van der Waals surface area contributed by atoms with Crippen molar-refractivity contribution < 1.29 is 55.4 Å². The predicted octanol–water partition coefficient (Wildman–Crippen LogP) is 2.17. The van der Waals surface area contributed by atoms with Gasteiger partial charge in [-0.1, -0.05) is 0 Å². The van der Waals surface area contributed by atoms with Gasteiger partial charge in [0.1, 0.15) is 0 Å². The maximum atomic E-state index is 14.6. The van der Waals surface area contributed by atoms with Crippen molar-refractivity contribution in [1.82, 2.24) is 0 Å². The molecule has 0 aromatic heterocycles. The van der Waals surface area contributed by atoms with Crippen LogP contribution in [0.5, 0.6) is 0 Å². The molecule has 4 aromatic carbocycles. The first-order valence-corrected chi connectivity index (χ1v) is 20.0. The Labute approximate surface area is 274 Å². The largest absolute Gasteiger partial charge is 1.00 e. The molecule has 0 spiro atoms. The predicted molar refractivity (Wildman–Crippen MR) is 166 cm³/mol. The normalized spacial score (nSPS) is 14.5. The van der Waals surface area contributed by atoms with E-state index in [2.05, 4.69) is 82.3 Å². The Morgan fingerprint density at radius 3 is 1.79 bits per heavy atom. The molecule has 0 amide bonds. The van der Waals surface area contributed by atoms with Gasteiger partial charge in [0.05, 0.1) is 0 Å². The van der Waals surface area contributed by atoms with Gasteiger partial charge in [0.2, 0.25) is 0 Å². The number of allylic oxidation sites excluding steroid dienone is 4. The summed E-state index contributed by atoms with van der Waals surface area (Å²) in [7, 11) is 0. The average molecular weight is 772 g/mol. The van der Waals surface area contributed by atoms with Gasteiger partial charge in [-0.3, -0.25) is 0 Å². The average Bonchev–Trinajstić information content (AvgIpc) is 3.57. The van der Waals surface area contributed by atoms with E-state index in [9.17, 15) is 9.59 Å². The standard InChI is InChI=1S/C15H10O2.C13H9.C10H15.2ClH.Hf/c16-14(12-7-3-1-4-8-12)11-15(17)13-9-5-2-6-10-13;1-3-7-12-10(5-1)9-11-6-2-4-8-13(11)12;1-8-5-6-9(7-8)10(2,3)4;;;/h1-10H;1-5,7-8H,9H2;5-7H,1-4H3;2*1H;/q;;;;;+2/p-2. The van der Waals surface area contributed by atoms with E-state index in [4.69, 9.17) is 0 Å². The Morgan fingerprint density at radius 1 is 0.698 bits per heavy atom. The van der Waals surface area contributed by atoms with Crippen molar-refractivity contribution in [2.45, 2.75) is 37.8 Å². The second-order valence-corrected chi connectivity index (χ2v) is 21.0. The van der Waals surface area contributed by atoms with Gasteiger partial charge in [0.15, 0.2) is 0 Å². The van der Waals surface area contributed by atoms with Gasteiger partial charge in [-0.2, -0.15) is 0 Å². The van der Waals surface area contributed by atoms with Gasteiger partial charge in [-0.15, -0.1) is 0 Å². The first-order valence-electron chi connectivity index (χ1n) is 14.3. The number of carbonyl (C=O) groups excluding carboxylic acids is 2. The van der Waals surface area contributed by atoms with Crippen molar-refractivity contribution in [3.8, 4) is 11.1 Å². The Bertz CT molecular complexity index is 1720. The fourth-order valence-corrected chi connectivity index (χ4v) is 18.4. The van der Waals surface area contributed by atoms with E-state index < -0.39 is 21.0 Å². The maximum Gasteiger partial charge on any atom is -1.00 e. The summed E-state index contributed by atoms with van der Waals surface area (Å²) in [5.41, 5.74) is 8.85. The first kappa shape index (κ1) is 32.9. The molecule has 1 atom stereocenters. The maximum absolute atomic E-state index is 14.6. The third-order valence-electron chi connectivity index (χ3n) is 8.33. The molecule has 4 aromatic rings. The van der Waals surface area contributed by atoms with Crippen molar-refractivity contribution in [1.29, 1.82) is 0 Å². The Balaban J connectivity index is 0.00000212. The number of halogens is 2. The van der Waals surface area contributed by atoms with E-state index >= 15 is 0 Å². The molecule has 0 aliphatic heterocycles. The van der Waals surface area contributed by atoms with Crippen LogP contribution in [0.15, 0.2) is 126 Å². The molecule has 216 valence electrons. The summed E-state index contributed by atoms with van der Waals surface area (Å²) in [6.07, 6.45) is 5.55. The van der Waals surface area contributed by atoms with E-state index in [1.807, 2.05) is 60.7 Å². The molecule has 1 unspecified atom stereocenters. The number of carbonyl (C=O) groups is 2. The van der Waals surface area contributed by atoms with Gasteiger partial charge in [-0.25, -0.2) is 0 Å². The molecule has 0 saturated heterocycles. The minimum absolute atomic E-state index is 0. The zero-order chi connectivity index (χ0) is 28.7. The van der Waals surface area contributed by atoms with Crippen LogP contribution in [0.3, 0.4) is 0 Å². The third-order valence-corrected chi connectivity index (χ3v) is 20.1. The third kappa shape index (κ3) is 6.32. The second kappa shape index (κ2) is 13.3. The summed E-state index contributed by atoms with van der Waals surface area (Å²) in [4.78, 5) is 29.2. The SMILES string of the molecule is CC1=CC(C(C)(C)C)=C[CH]1[Hf+2](=[C](C(=O)c1ccccc1)C(=O)c1ccccc1)[c]1cccc2c1Cc1ccccc1-2.[Cl-].[Cl-]. The topological polar surface area (TPSA) is 34.1 Å². The quantitative estimate of drug-likeness (QED) is 0.151. The molecule has 0 heterocycles. The van der Waals surface area contributed by atoms with Crippen LogP contribution in [0.4, 0.5) is 0 Å². The number of rotatable bonds is 6. The first-order chi connectivity index (χ1) is 19.7. The number of hydrogen-bond acceptors (Lipinski definition) is 2. The molecule has 2 aliphatic carbocycles. The molecule has 0 bridgehead atoms. The Hall–Kier alpha value is -2.98. The van der Waals surface area contributed by atoms with Crippen LogP contribution >= 0.6 is 0 Å². The molecular weight excluding hydrogens is 738 g/mol. The van der Waals surface area contributed by atoms with Gasteiger partial charge < -0.3 is 24.8 Å². The molecule has 2 nitrogen and oxygen atoms in total. The van der Waals surface area contributed by atoms with Crippen molar-refractivity contribution in [3.63, 3.8) is 0 Å². The fraction of sp³-hybridized carbons (Fsp3) is 0.184. The molecule has 2 aliphatic rings. The van der Waals surface area contributed by atoms with Gasteiger partial charge in [0, 0.05) is 0 Å². The molecule has 0 fully saturated rings. The number of Topliss-reactive ketones (excluding diaryl/α,β-unsaturated/α-hetero) is 2. The second-order valence-electron chi connectivity index (χ2n) is 12.1. The van der Waals surface area contributed by atoms with Crippen molar-refractivity contribution in [3.05, 3.63) is 149 Å². The number of fused-ring (bicyclic) bond motifs is 3. The summed E-state index contributed by atoms with van der Waals surface area (Å²) in [5.74, 6) is -0.222. The fourth-order valence-electron chi connectivity index (χ4n) is 6.15. The zero-order valence-electron chi connectivity index (χ0n) is 24.8. The van der Waals surface area contributed by atoms with Crippen molar-refractivity contribution in [2.75, 3.05) is 0 Å². The molecular formula is C38H34Cl2HfO2. The number of hydrogen-bond donors (Lipinski definition) is 0. The van der Waals surface area contributed by atoms with Crippen molar-refractivity contribution in [2.24, 2.45) is 5.41 Å². The van der Waals surface area contributed by atoms with Gasteiger partial charge in [0.25, 0.3) is 0 Å². The van der Waals surface area contributed by atoms with Crippen LogP contribution in [0, 0.1) is 5.41 Å². The van der Waals surface area contributed by atoms with E-state index in [0.717, 1.165) is 6.42 Å². The van der Waals surface area contributed by atoms with Crippen molar-refractivity contribution >= 4 is 18.1 Å². The van der Waals surface area contributed by atoms with E-state index in [0.29, 0.717) is 14.4 Å². The minimum Gasteiger partial charge on any atom is -1.00 e. The molecule has 0 N–H and O–H groups in total. The van der Waals surface area contributed by atoms with Crippen LogP contribution in [0.1, 0.15) is 59.5 Å². The molecule has 0 radical (unpaired) electrons. The monoisotopic (exact) mass is 772 g/mol. The molecule has 43 heavy (non-hydrogen) atoms.